The van der Waals surface area contributed by atoms with Crippen molar-refractivity contribution in [1.29, 1.82) is 0 Å². The summed E-state index contributed by atoms with van der Waals surface area (Å²) in [4.78, 5) is 24.8. The van der Waals surface area contributed by atoms with Gasteiger partial charge in [-0.15, -0.1) is 0 Å². The van der Waals surface area contributed by atoms with E-state index in [9.17, 15) is 9.59 Å². The number of carbonyl (C=O) groups excluding carboxylic acids is 1. The van der Waals surface area contributed by atoms with E-state index in [0.717, 1.165) is 12.8 Å². The number of hydrogen-bond acceptors (Lipinski definition) is 2. The van der Waals surface area contributed by atoms with Crippen LogP contribution in [-0.2, 0) is 0 Å². The zero-order chi connectivity index (χ0) is 14.7. The molecule has 1 aliphatic carbocycles. The number of urea groups is 1. The van der Waals surface area contributed by atoms with Crippen LogP contribution in [0.15, 0.2) is 22.7 Å². The predicted molar refractivity (Wildman–Crippen MR) is 80.1 cm³/mol. The Balaban J connectivity index is 2.04. The van der Waals surface area contributed by atoms with Crippen molar-refractivity contribution in [3.8, 4) is 0 Å². The van der Waals surface area contributed by atoms with Crippen molar-refractivity contribution in [2.45, 2.75) is 19.3 Å². The Hall–Kier alpha value is -1.56. The molecular formula is C14H17BrN2O3. The number of aromatic carboxylic acids is 1. The summed E-state index contributed by atoms with van der Waals surface area (Å²) in [6, 6.07) is 4.49. The molecule has 1 saturated carbocycles. The standard InChI is InChI=1S/C14H17BrN2O3/c1-17(8-9-3-2-4-9)14(20)16-12-6-5-10(15)7-11(12)13(18)19/h5-7,9H,2-4,8H2,1H3,(H,16,20)(H,18,19). The molecule has 2 N–H and O–H groups in total. The summed E-state index contributed by atoms with van der Waals surface area (Å²) in [7, 11) is 1.73. The topological polar surface area (TPSA) is 69.6 Å². The van der Waals surface area contributed by atoms with E-state index in [1.165, 1.54) is 12.5 Å². The lowest BCUT2D eigenvalue weighted by atomic mass is 9.85. The van der Waals surface area contributed by atoms with Gasteiger partial charge in [-0.2, -0.15) is 0 Å². The summed E-state index contributed by atoms with van der Waals surface area (Å²) in [5, 5.41) is 11.8. The van der Waals surface area contributed by atoms with Crippen LogP contribution in [-0.4, -0.2) is 35.6 Å². The van der Waals surface area contributed by atoms with Gasteiger partial charge in [-0.3, -0.25) is 0 Å². The molecule has 0 aromatic heterocycles. The fraction of sp³-hybridized carbons (Fsp3) is 0.429. The van der Waals surface area contributed by atoms with E-state index >= 15 is 0 Å². The number of benzene rings is 1. The van der Waals surface area contributed by atoms with Crippen LogP contribution in [0.25, 0.3) is 0 Å². The minimum atomic E-state index is -1.07. The van der Waals surface area contributed by atoms with E-state index in [0.29, 0.717) is 22.6 Å². The van der Waals surface area contributed by atoms with E-state index in [4.69, 9.17) is 5.11 Å². The van der Waals surface area contributed by atoms with Crippen LogP contribution in [0.5, 0.6) is 0 Å². The smallest absolute Gasteiger partial charge is 0.337 e. The number of carbonyl (C=O) groups is 2. The molecule has 0 saturated heterocycles. The Labute approximate surface area is 126 Å². The van der Waals surface area contributed by atoms with Gasteiger partial charge in [0.1, 0.15) is 0 Å². The number of nitrogens with one attached hydrogen (secondary N) is 1. The molecule has 2 rings (SSSR count). The molecule has 1 aromatic carbocycles. The van der Waals surface area contributed by atoms with Crippen molar-refractivity contribution in [2.24, 2.45) is 5.92 Å². The van der Waals surface area contributed by atoms with Crippen LogP contribution < -0.4 is 5.32 Å². The van der Waals surface area contributed by atoms with Gasteiger partial charge in [0.05, 0.1) is 11.3 Å². The van der Waals surface area contributed by atoms with Crippen molar-refractivity contribution in [3.05, 3.63) is 28.2 Å². The van der Waals surface area contributed by atoms with E-state index in [2.05, 4.69) is 21.2 Å². The summed E-state index contributed by atoms with van der Waals surface area (Å²) in [5.41, 5.74) is 0.385. The van der Waals surface area contributed by atoms with Crippen LogP contribution in [0, 0.1) is 5.92 Å². The highest BCUT2D eigenvalue weighted by Crippen LogP contribution is 2.27. The maximum atomic E-state index is 12.1. The third-order valence-corrected chi connectivity index (χ3v) is 4.05. The lowest BCUT2D eigenvalue weighted by molar-refractivity contribution is 0.0698. The molecule has 1 fully saturated rings. The molecule has 0 unspecified atom stereocenters. The Morgan fingerprint density at radius 1 is 1.45 bits per heavy atom. The number of halogens is 1. The van der Waals surface area contributed by atoms with Gasteiger partial charge < -0.3 is 15.3 Å². The Bertz CT molecular complexity index is 529. The van der Waals surface area contributed by atoms with Gasteiger partial charge in [0.2, 0.25) is 0 Å². The van der Waals surface area contributed by atoms with Crippen molar-refractivity contribution in [3.63, 3.8) is 0 Å². The minimum Gasteiger partial charge on any atom is -0.478 e. The largest absolute Gasteiger partial charge is 0.478 e. The Morgan fingerprint density at radius 2 is 2.15 bits per heavy atom. The van der Waals surface area contributed by atoms with E-state index in [1.54, 1.807) is 24.1 Å². The minimum absolute atomic E-state index is 0.0739. The first-order chi connectivity index (χ1) is 9.47. The number of amides is 2. The van der Waals surface area contributed by atoms with E-state index in [-0.39, 0.29) is 11.6 Å². The lowest BCUT2D eigenvalue weighted by Gasteiger charge is -2.30. The van der Waals surface area contributed by atoms with Gasteiger partial charge in [-0.1, -0.05) is 22.4 Å². The number of carboxylic acids is 1. The highest BCUT2D eigenvalue weighted by Gasteiger charge is 2.22. The number of rotatable bonds is 4. The van der Waals surface area contributed by atoms with Gasteiger partial charge >= 0.3 is 12.0 Å². The summed E-state index contributed by atoms with van der Waals surface area (Å²) < 4.78 is 0.663. The molecule has 5 nitrogen and oxygen atoms in total. The summed E-state index contributed by atoms with van der Waals surface area (Å²) in [5.74, 6) is -0.488. The average molecular weight is 341 g/mol. The maximum Gasteiger partial charge on any atom is 0.337 e. The molecule has 20 heavy (non-hydrogen) atoms. The third kappa shape index (κ3) is 3.50. The monoisotopic (exact) mass is 340 g/mol. The van der Waals surface area contributed by atoms with Crippen molar-refractivity contribution >= 4 is 33.6 Å². The second kappa shape index (κ2) is 6.26. The van der Waals surface area contributed by atoms with Gasteiger partial charge in [0.25, 0.3) is 0 Å². The molecule has 0 spiro atoms. The molecular weight excluding hydrogens is 324 g/mol. The van der Waals surface area contributed by atoms with E-state index < -0.39 is 5.97 Å². The average Bonchev–Trinajstić information content (AvgIpc) is 2.35. The first-order valence-electron chi connectivity index (χ1n) is 6.52. The van der Waals surface area contributed by atoms with Crippen LogP contribution in [0.2, 0.25) is 0 Å². The number of carboxylic acid groups (broad SMARTS) is 1. The molecule has 0 radical (unpaired) electrons. The zero-order valence-corrected chi connectivity index (χ0v) is 12.8. The Kier molecular flexibility index (Phi) is 4.65. The number of hydrogen-bond donors (Lipinski definition) is 2. The quantitative estimate of drug-likeness (QED) is 0.882. The van der Waals surface area contributed by atoms with Crippen LogP contribution in [0.3, 0.4) is 0 Å². The highest BCUT2D eigenvalue weighted by molar-refractivity contribution is 9.10. The van der Waals surface area contributed by atoms with Gasteiger partial charge in [0, 0.05) is 18.1 Å². The molecule has 0 atom stereocenters. The highest BCUT2D eigenvalue weighted by atomic mass is 79.9. The Morgan fingerprint density at radius 3 is 2.70 bits per heavy atom. The SMILES string of the molecule is CN(CC1CCC1)C(=O)Nc1ccc(Br)cc1C(=O)O. The first-order valence-corrected chi connectivity index (χ1v) is 7.31. The van der Waals surface area contributed by atoms with Gasteiger partial charge in [0.15, 0.2) is 0 Å². The molecule has 6 heteroatoms. The second-order valence-electron chi connectivity index (χ2n) is 5.10. The normalized spacial score (nSPS) is 14.5. The predicted octanol–water partition coefficient (Wildman–Crippen LogP) is 3.41. The first kappa shape index (κ1) is 14.8. The second-order valence-corrected chi connectivity index (χ2v) is 6.02. The van der Waals surface area contributed by atoms with Crippen LogP contribution >= 0.6 is 15.9 Å². The lowest BCUT2D eigenvalue weighted by Crippen LogP contribution is -2.37. The molecule has 108 valence electrons. The van der Waals surface area contributed by atoms with Crippen molar-refractivity contribution in [1.82, 2.24) is 4.90 Å². The summed E-state index contributed by atoms with van der Waals surface area (Å²) in [6.07, 6.45) is 3.56. The van der Waals surface area contributed by atoms with Crippen molar-refractivity contribution < 1.29 is 14.7 Å². The summed E-state index contributed by atoms with van der Waals surface area (Å²) >= 11 is 3.22. The third-order valence-electron chi connectivity index (χ3n) is 3.56. The molecule has 2 amide bonds. The number of nitrogens with zero attached hydrogens (tertiary/aromatic N) is 1. The molecule has 1 aromatic rings. The maximum absolute atomic E-state index is 12.1. The van der Waals surface area contributed by atoms with Gasteiger partial charge in [-0.25, -0.2) is 9.59 Å². The number of anilines is 1. The fourth-order valence-electron chi connectivity index (χ4n) is 2.16. The van der Waals surface area contributed by atoms with E-state index in [1.807, 2.05) is 0 Å². The molecule has 0 heterocycles. The van der Waals surface area contributed by atoms with Crippen LogP contribution in [0.1, 0.15) is 29.6 Å². The molecule has 1 aliphatic rings. The zero-order valence-electron chi connectivity index (χ0n) is 11.2. The fourth-order valence-corrected chi connectivity index (χ4v) is 2.52. The molecule has 0 bridgehead atoms. The summed E-state index contributed by atoms with van der Waals surface area (Å²) in [6.45, 7) is 0.713. The van der Waals surface area contributed by atoms with Gasteiger partial charge in [-0.05, 0) is 37.0 Å². The molecule has 0 aliphatic heterocycles. The van der Waals surface area contributed by atoms with Crippen molar-refractivity contribution in [2.75, 3.05) is 18.9 Å². The van der Waals surface area contributed by atoms with Crippen LogP contribution in [0.4, 0.5) is 10.5 Å².